The minimum Gasteiger partial charge on any atom is -0.496 e. The molecular formula is C16H20N2O3S. The van der Waals surface area contributed by atoms with Crippen LogP contribution in [0.4, 0.5) is 10.5 Å². The lowest BCUT2D eigenvalue weighted by Gasteiger charge is -2.23. The molecule has 0 aliphatic heterocycles. The van der Waals surface area contributed by atoms with Gasteiger partial charge in [-0.05, 0) is 60.0 Å². The Hall–Kier alpha value is -2.05. The molecule has 0 aliphatic carbocycles. The zero-order chi connectivity index (χ0) is 16.2. The van der Waals surface area contributed by atoms with E-state index in [1.807, 2.05) is 29.8 Å². The lowest BCUT2D eigenvalue weighted by atomic mass is 9.99. The topological polar surface area (TPSA) is 70.6 Å². The molecule has 1 atom stereocenters. The zero-order valence-electron chi connectivity index (χ0n) is 12.8. The van der Waals surface area contributed by atoms with Crippen LogP contribution in [0.5, 0.6) is 5.75 Å². The summed E-state index contributed by atoms with van der Waals surface area (Å²) in [6.07, 6.45) is 0. The maximum absolute atomic E-state index is 11.9. The minimum absolute atomic E-state index is 0.130. The third kappa shape index (κ3) is 3.99. The maximum atomic E-state index is 11.9. The van der Waals surface area contributed by atoms with Crippen LogP contribution in [0.2, 0.25) is 0 Å². The van der Waals surface area contributed by atoms with E-state index in [4.69, 9.17) is 4.74 Å². The Labute approximate surface area is 133 Å². The summed E-state index contributed by atoms with van der Waals surface area (Å²) in [6.45, 7) is 3.71. The second-order valence-corrected chi connectivity index (χ2v) is 6.06. The van der Waals surface area contributed by atoms with Crippen molar-refractivity contribution in [1.29, 1.82) is 0 Å². The molecule has 5 nitrogen and oxygen atoms in total. The molecule has 0 radical (unpaired) electrons. The fraction of sp³-hybridized carbons (Fsp3) is 0.312. The highest BCUT2D eigenvalue weighted by molar-refractivity contribution is 7.08. The van der Waals surface area contributed by atoms with Gasteiger partial charge in [-0.2, -0.15) is 11.3 Å². The average Bonchev–Trinajstić information content (AvgIpc) is 3.00. The number of ether oxygens (including phenoxy) is 1. The first kappa shape index (κ1) is 16.3. The van der Waals surface area contributed by atoms with Crippen LogP contribution in [-0.2, 0) is 5.60 Å². The first-order chi connectivity index (χ1) is 10.4. The highest BCUT2D eigenvalue weighted by Gasteiger charge is 2.24. The molecule has 2 amide bonds. The first-order valence-electron chi connectivity index (χ1n) is 6.87. The SMILES string of the molecule is COc1ccc(NC(=O)NC[C@@](C)(O)c2ccsc2)cc1C. The number of carbonyl (C=O) groups is 1. The van der Waals surface area contributed by atoms with Crippen molar-refractivity contribution in [3.05, 3.63) is 46.2 Å². The molecule has 1 aromatic heterocycles. The molecule has 0 spiro atoms. The molecule has 0 unspecified atom stereocenters. The summed E-state index contributed by atoms with van der Waals surface area (Å²) in [6, 6.07) is 6.88. The summed E-state index contributed by atoms with van der Waals surface area (Å²) < 4.78 is 5.18. The van der Waals surface area contributed by atoms with Gasteiger partial charge in [-0.1, -0.05) is 0 Å². The van der Waals surface area contributed by atoms with Gasteiger partial charge in [0.15, 0.2) is 0 Å². The van der Waals surface area contributed by atoms with E-state index >= 15 is 0 Å². The molecule has 118 valence electrons. The van der Waals surface area contributed by atoms with Crippen LogP contribution in [0.3, 0.4) is 0 Å². The van der Waals surface area contributed by atoms with Crippen molar-refractivity contribution in [3.63, 3.8) is 0 Å². The zero-order valence-corrected chi connectivity index (χ0v) is 13.7. The van der Waals surface area contributed by atoms with Gasteiger partial charge in [0, 0.05) is 5.69 Å². The largest absolute Gasteiger partial charge is 0.496 e. The van der Waals surface area contributed by atoms with E-state index < -0.39 is 5.60 Å². The fourth-order valence-electron chi connectivity index (χ4n) is 2.06. The highest BCUT2D eigenvalue weighted by atomic mass is 32.1. The number of urea groups is 1. The van der Waals surface area contributed by atoms with Gasteiger partial charge in [0.05, 0.1) is 13.7 Å². The molecule has 3 N–H and O–H groups in total. The summed E-state index contributed by atoms with van der Waals surface area (Å²) in [5.74, 6) is 0.770. The molecule has 2 rings (SSSR count). The molecular weight excluding hydrogens is 300 g/mol. The fourth-order valence-corrected chi connectivity index (χ4v) is 2.84. The lowest BCUT2D eigenvalue weighted by Crippen LogP contribution is -2.40. The number of methoxy groups -OCH3 is 1. The third-order valence-electron chi connectivity index (χ3n) is 3.39. The Bertz CT molecular complexity index is 639. The first-order valence-corrected chi connectivity index (χ1v) is 7.81. The predicted molar refractivity (Wildman–Crippen MR) is 88.6 cm³/mol. The number of rotatable bonds is 5. The van der Waals surface area contributed by atoms with Crippen LogP contribution in [0.25, 0.3) is 0 Å². The minimum atomic E-state index is -1.09. The molecule has 6 heteroatoms. The molecule has 0 saturated carbocycles. The van der Waals surface area contributed by atoms with Crippen molar-refractivity contribution in [3.8, 4) is 5.75 Å². The molecule has 1 aromatic carbocycles. The van der Waals surface area contributed by atoms with E-state index in [0.29, 0.717) is 5.69 Å². The number of thiophene rings is 1. The molecule has 0 fully saturated rings. The van der Waals surface area contributed by atoms with Crippen LogP contribution in [0.1, 0.15) is 18.1 Å². The number of hydrogen-bond donors (Lipinski definition) is 3. The second-order valence-electron chi connectivity index (χ2n) is 5.28. The number of hydrogen-bond acceptors (Lipinski definition) is 4. The van der Waals surface area contributed by atoms with Crippen molar-refractivity contribution in [2.24, 2.45) is 0 Å². The second kappa shape index (κ2) is 6.81. The summed E-state index contributed by atoms with van der Waals surface area (Å²) in [4.78, 5) is 11.9. The van der Waals surface area contributed by atoms with Crippen molar-refractivity contribution >= 4 is 23.1 Å². The number of aryl methyl sites for hydroxylation is 1. The van der Waals surface area contributed by atoms with Crippen LogP contribution in [-0.4, -0.2) is 24.8 Å². The Kier molecular flexibility index (Phi) is 5.05. The number of carbonyl (C=O) groups excluding carboxylic acids is 1. The van der Waals surface area contributed by atoms with E-state index in [2.05, 4.69) is 10.6 Å². The monoisotopic (exact) mass is 320 g/mol. The number of nitrogens with one attached hydrogen (secondary N) is 2. The van der Waals surface area contributed by atoms with E-state index in [9.17, 15) is 9.90 Å². The van der Waals surface area contributed by atoms with Crippen molar-refractivity contribution in [2.75, 3.05) is 19.0 Å². The van der Waals surface area contributed by atoms with Crippen LogP contribution < -0.4 is 15.4 Å². The summed E-state index contributed by atoms with van der Waals surface area (Å²) in [5, 5.41) is 19.5. The normalized spacial score (nSPS) is 13.3. The number of amides is 2. The van der Waals surface area contributed by atoms with Gasteiger partial charge in [0.25, 0.3) is 0 Å². The Morgan fingerprint density at radius 2 is 2.18 bits per heavy atom. The summed E-state index contributed by atoms with van der Waals surface area (Å²) in [7, 11) is 1.61. The molecule has 2 aromatic rings. The van der Waals surface area contributed by atoms with E-state index in [0.717, 1.165) is 16.9 Å². The van der Waals surface area contributed by atoms with E-state index in [-0.39, 0.29) is 12.6 Å². The summed E-state index contributed by atoms with van der Waals surface area (Å²) in [5.41, 5.74) is 1.31. The van der Waals surface area contributed by atoms with Gasteiger partial charge < -0.3 is 20.5 Å². The Morgan fingerprint density at radius 3 is 2.77 bits per heavy atom. The molecule has 0 aliphatic rings. The molecule has 0 bridgehead atoms. The number of benzene rings is 1. The Morgan fingerprint density at radius 1 is 1.41 bits per heavy atom. The third-order valence-corrected chi connectivity index (χ3v) is 4.07. The molecule has 1 heterocycles. The average molecular weight is 320 g/mol. The Balaban J connectivity index is 1.92. The van der Waals surface area contributed by atoms with Gasteiger partial charge in [0.2, 0.25) is 0 Å². The summed E-state index contributed by atoms with van der Waals surface area (Å²) >= 11 is 1.51. The van der Waals surface area contributed by atoms with Crippen LogP contribution >= 0.6 is 11.3 Å². The van der Waals surface area contributed by atoms with E-state index in [1.54, 1.807) is 26.2 Å². The van der Waals surface area contributed by atoms with Crippen molar-refractivity contribution < 1.29 is 14.6 Å². The van der Waals surface area contributed by atoms with Crippen molar-refractivity contribution in [2.45, 2.75) is 19.4 Å². The number of aliphatic hydroxyl groups is 1. The van der Waals surface area contributed by atoms with Gasteiger partial charge in [-0.3, -0.25) is 0 Å². The molecule has 22 heavy (non-hydrogen) atoms. The number of anilines is 1. The highest BCUT2D eigenvalue weighted by Crippen LogP contribution is 2.23. The predicted octanol–water partition coefficient (Wildman–Crippen LogP) is 3.09. The van der Waals surface area contributed by atoms with Gasteiger partial charge in [-0.25, -0.2) is 4.79 Å². The van der Waals surface area contributed by atoms with Gasteiger partial charge in [-0.15, -0.1) is 0 Å². The maximum Gasteiger partial charge on any atom is 0.319 e. The van der Waals surface area contributed by atoms with Crippen LogP contribution in [0.15, 0.2) is 35.0 Å². The van der Waals surface area contributed by atoms with Crippen LogP contribution in [0, 0.1) is 6.92 Å². The quantitative estimate of drug-likeness (QED) is 0.793. The smallest absolute Gasteiger partial charge is 0.319 e. The molecule has 0 saturated heterocycles. The van der Waals surface area contributed by atoms with Crippen molar-refractivity contribution in [1.82, 2.24) is 5.32 Å². The standard InChI is InChI=1S/C16H20N2O3S/c1-11-8-13(4-5-14(11)21-3)18-15(19)17-10-16(2,20)12-6-7-22-9-12/h4-9,20H,10H2,1-3H3,(H2,17,18,19)/t16-/m1/s1. The van der Waals surface area contributed by atoms with Gasteiger partial charge in [0.1, 0.15) is 11.4 Å². The van der Waals surface area contributed by atoms with Gasteiger partial charge >= 0.3 is 6.03 Å². The van der Waals surface area contributed by atoms with E-state index in [1.165, 1.54) is 11.3 Å². The lowest BCUT2D eigenvalue weighted by molar-refractivity contribution is 0.0604.